The maximum Gasteiger partial charge on any atom is 0.251 e. The third kappa shape index (κ3) is 8.25. The van der Waals surface area contributed by atoms with Gasteiger partial charge in [0.05, 0.1) is 31.6 Å². The van der Waals surface area contributed by atoms with Gasteiger partial charge in [-0.1, -0.05) is 45.0 Å². The van der Waals surface area contributed by atoms with Gasteiger partial charge in [0.1, 0.15) is 18.1 Å². The quantitative estimate of drug-likeness (QED) is 0.350. The normalized spacial score (nSPS) is 11.6. The fourth-order valence-electron chi connectivity index (χ4n) is 3.69. The van der Waals surface area contributed by atoms with Crippen molar-refractivity contribution in [2.75, 3.05) is 30.3 Å². The summed E-state index contributed by atoms with van der Waals surface area (Å²) in [7, 11) is -3.52. The van der Waals surface area contributed by atoms with Gasteiger partial charge in [0, 0.05) is 5.56 Å². The van der Waals surface area contributed by atoms with Crippen LogP contribution in [0.4, 0.5) is 5.69 Å². The van der Waals surface area contributed by atoms with Crippen molar-refractivity contribution in [3.63, 3.8) is 0 Å². The fraction of sp³-hybridized carbons (Fsp3) is 0.345. The first kappa shape index (κ1) is 28.1. The lowest BCUT2D eigenvalue weighted by Gasteiger charge is -2.23. The van der Waals surface area contributed by atoms with Crippen LogP contribution in [0.25, 0.3) is 0 Å². The lowest BCUT2D eigenvalue weighted by atomic mass is 9.87. The number of sulfonamides is 1. The summed E-state index contributed by atoms with van der Waals surface area (Å²) in [5, 5.41) is 2.85. The van der Waals surface area contributed by atoms with Gasteiger partial charge in [0.2, 0.25) is 10.0 Å². The Hall–Kier alpha value is -3.52. The number of benzene rings is 3. The molecule has 0 aromatic heterocycles. The van der Waals surface area contributed by atoms with Gasteiger partial charge in [0.15, 0.2) is 0 Å². The molecule has 3 rings (SSSR count). The molecule has 8 heteroatoms. The Morgan fingerprint density at radius 3 is 1.97 bits per heavy atom. The summed E-state index contributed by atoms with van der Waals surface area (Å²) in [5.74, 6) is 1.22. The van der Waals surface area contributed by atoms with Gasteiger partial charge in [0.25, 0.3) is 5.91 Å². The average Bonchev–Trinajstić information content (AvgIpc) is 2.85. The van der Waals surface area contributed by atoms with Gasteiger partial charge in [-0.15, -0.1) is 0 Å². The molecule has 37 heavy (non-hydrogen) atoms. The molecule has 198 valence electrons. The third-order valence-electron chi connectivity index (χ3n) is 5.76. The highest BCUT2D eigenvalue weighted by Crippen LogP contribution is 2.25. The minimum atomic E-state index is -3.52. The Labute approximate surface area is 220 Å². The van der Waals surface area contributed by atoms with Crippen LogP contribution in [0.1, 0.15) is 49.2 Å². The number of carbonyl (C=O) groups is 1. The van der Waals surface area contributed by atoms with Gasteiger partial charge >= 0.3 is 0 Å². The van der Waals surface area contributed by atoms with E-state index in [0.717, 1.165) is 11.3 Å². The van der Waals surface area contributed by atoms with E-state index in [-0.39, 0.29) is 17.9 Å². The maximum absolute atomic E-state index is 12.5. The van der Waals surface area contributed by atoms with Crippen molar-refractivity contribution in [1.82, 2.24) is 5.32 Å². The molecule has 0 heterocycles. The number of hydrogen-bond acceptors (Lipinski definition) is 5. The van der Waals surface area contributed by atoms with E-state index in [1.54, 1.807) is 48.5 Å². The molecule has 0 fully saturated rings. The molecule has 1 N–H and O–H groups in total. The van der Waals surface area contributed by atoms with E-state index in [9.17, 15) is 13.2 Å². The van der Waals surface area contributed by atoms with Crippen molar-refractivity contribution in [2.45, 2.75) is 39.7 Å². The predicted molar refractivity (Wildman–Crippen MR) is 148 cm³/mol. The van der Waals surface area contributed by atoms with Crippen molar-refractivity contribution >= 4 is 21.6 Å². The zero-order chi connectivity index (χ0) is 27.1. The van der Waals surface area contributed by atoms with Crippen molar-refractivity contribution in [2.24, 2.45) is 0 Å². The molecule has 0 saturated carbocycles. The zero-order valence-electron chi connectivity index (χ0n) is 22.2. The highest BCUT2D eigenvalue weighted by molar-refractivity contribution is 7.92. The largest absolute Gasteiger partial charge is 0.494 e. The summed E-state index contributed by atoms with van der Waals surface area (Å²) < 4.78 is 37.4. The van der Waals surface area contributed by atoms with Crippen LogP contribution in [-0.4, -0.2) is 40.3 Å². The molecule has 0 spiro atoms. The van der Waals surface area contributed by atoms with E-state index >= 15 is 0 Å². The molecule has 1 amide bonds. The minimum absolute atomic E-state index is 0.0838. The topological polar surface area (TPSA) is 84.9 Å². The van der Waals surface area contributed by atoms with Gasteiger partial charge in [-0.05, 0) is 72.0 Å². The van der Waals surface area contributed by atoms with E-state index in [1.165, 1.54) is 16.1 Å². The van der Waals surface area contributed by atoms with Crippen LogP contribution in [0.15, 0.2) is 72.8 Å². The fourth-order valence-corrected chi connectivity index (χ4v) is 4.58. The Bertz CT molecular complexity index is 1260. The van der Waals surface area contributed by atoms with E-state index in [1.807, 2.05) is 19.1 Å². The van der Waals surface area contributed by atoms with E-state index in [2.05, 4.69) is 38.2 Å². The minimum Gasteiger partial charge on any atom is -0.494 e. The molecular formula is C29H36N2O5S. The Morgan fingerprint density at radius 1 is 0.865 bits per heavy atom. The lowest BCUT2D eigenvalue weighted by molar-refractivity contribution is 0.0947. The van der Waals surface area contributed by atoms with Crippen LogP contribution in [0, 0.1) is 0 Å². The summed E-state index contributed by atoms with van der Waals surface area (Å²) in [6.45, 7) is 9.77. The van der Waals surface area contributed by atoms with Crippen LogP contribution in [0.3, 0.4) is 0 Å². The number of hydrogen-bond donors (Lipinski definition) is 1. The van der Waals surface area contributed by atoms with Crippen LogP contribution < -0.4 is 19.1 Å². The molecule has 3 aromatic carbocycles. The van der Waals surface area contributed by atoms with Crippen LogP contribution in [0.2, 0.25) is 0 Å². The van der Waals surface area contributed by atoms with Crippen LogP contribution >= 0.6 is 0 Å². The van der Waals surface area contributed by atoms with Gasteiger partial charge < -0.3 is 14.8 Å². The molecule has 0 aliphatic heterocycles. The molecule has 0 aliphatic rings. The highest BCUT2D eigenvalue weighted by Gasteiger charge is 2.18. The summed E-state index contributed by atoms with van der Waals surface area (Å²) >= 11 is 0. The van der Waals surface area contributed by atoms with Crippen molar-refractivity contribution in [3.8, 4) is 11.5 Å². The number of rotatable bonds is 11. The standard InChI is InChI=1S/C29H36N2O5S/c1-6-35-26-17-13-25(14-18-26)31(37(5,33)34)21-22-7-9-23(10-8-22)28(32)30-19-20-36-27-15-11-24(12-16-27)29(2,3)4/h7-18H,6,19-21H2,1-5H3,(H,30,32). The smallest absolute Gasteiger partial charge is 0.251 e. The second kappa shape index (κ2) is 12.1. The molecule has 3 aromatic rings. The maximum atomic E-state index is 12.5. The van der Waals surface area contributed by atoms with Crippen molar-refractivity contribution < 1.29 is 22.7 Å². The summed E-state index contributed by atoms with van der Waals surface area (Å²) in [6, 6.07) is 21.8. The number of anilines is 1. The van der Waals surface area contributed by atoms with Crippen molar-refractivity contribution in [1.29, 1.82) is 0 Å². The Balaban J connectivity index is 1.54. The number of ether oxygens (including phenoxy) is 2. The SMILES string of the molecule is CCOc1ccc(N(Cc2ccc(C(=O)NCCOc3ccc(C(C)(C)C)cc3)cc2)S(C)(=O)=O)cc1. The molecule has 0 aliphatic carbocycles. The van der Waals surface area contributed by atoms with Crippen molar-refractivity contribution in [3.05, 3.63) is 89.5 Å². The van der Waals surface area contributed by atoms with E-state index < -0.39 is 10.0 Å². The lowest BCUT2D eigenvalue weighted by Crippen LogP contribution is -2.29. The molecular weight excluding hydrogens is 488 g/mol. The highest BCUT2D eigenvalue weighted by atomic mass is 32.2. The number of amides is 1. The first-order valence-electron chi connectivity index (χ1n) is 12.3. The van der Waals surface area contributed by atoms with E-state index in [0.29, 0.717) is 36.8 Å². The molecule has 0 atom stereocenters. The molecule has 7 nitrogen and oxygen atoms in total. The van der Waals surface area contributed by atoms with Crippen LogP contribution in [-0.2, 0) is 22.0 Å². The van der Waals surface area contributed by atoms with Gasteiger partial charge in [-0.3, -0.25) is 9.10 Å². The van der Waals surface area contributed by atoms with Gasteiger partial charge in [-0.25, -0.2) is 8.42 Å². The molecule has 0 saturated heterocycles. The third-order valence-corrected chi connectivity index (χ3v) is 6.90. The summed E-state index contributed by atoms with van der Waals surface area (Å²) in [5.41, 5.74) is 3.11. The number of nitrogens with one attached hydrogen (secondary N) is 1. The van der Waals surface area contributed by atoms with Gasteiger partial charge in [-0.2, -0.15) is 0 Å². The second-order valence-electron chi connectivity index (χ2n) is 9.77. The molecule has 0 bridgehead atoms. The van der Waals surface area contributed by atoms with E-state index in [4.69, 9.17) is 9.47 Å². The Morgan fingerprint density at radius 2 is 1.43 bits per heavy atom. The average molecular weight is 525 g/mol. The predicted octanol–water partition coefficient (Wildman–Crippen LogP) is 5.16. The summed E-state index contributed by atoms with van der Waals surface area (Å²) in [6.07, 6.45) is 1.17. The molecule has 0 radical (unpaired) electrons. The summed E-state index contributed by atoms with van der Waals surface area (Å²) in [4.78, 5) is 12.5. The number of carbonyl (C=O) groups excluding carboxylic acids is 1. The first-order chi connectivity index (χ1) is 17.5. The monoisotopic (exact) mass is 524 g/mol. The zero-order valence-corrected chi connectivity index (χ0v) is 23.0. The van der Waals surface area contributed by atoms with Crippen LogP contribution in [0.5, 0.6) is 11.5 Å². The second-order valence-corrected chi connectivity index (χ2v) is 11.7. The number of nitrogens with zero attached hydrogens (tertiary/aromatic N) is 1. The molecule has 0 unspecified atom stereocenters. The Kier molecular flexibility index (Phi) is 9.21. The first-order valence-corrected chi connectivity index (χ1v) is 14.1.